The van der Waals surface area contributed by atoms with Crippen molar-refractivity contribution in [2.24, 2.45) is 5.92 Å². The number of nitrogens with one attached hydrogen (secondary N) is 2. The number of hydrogen-bond acceptors (Lipinski definition) is 2. The molecular weight excluding hydrogens is 353 g/mol. The molecule has 0 aliphatic rings. The van der Waals surface area contributed by atoms with Crippen molar-refractivity contribution in [1.82, 2.24) is 10.2 Å². The largest absolute Gasteiger partial charge is 0.321 e. The van der Waals surface area contributed by atoms with Gasteiger partial charge in [0.2, 0.25) is 0 Å². The number of benzene rings is 1. The summed E-state index contributed by atoms with van der Waals surface area (Å²) < 4.78 is 1.08. The van der Waals surface area contributed by atoms with Gasteiger partial charge in [0, 0.05) is 15.0 Å². The lowest BCUT2D eigenvalue weighted by Gasteiger charge is -2.03. The Balaban J connectivity index is 2.05. The van der Waals surface area contributed by atoms with Crippen LogP contribution in [0.25, 0.3) is 0 Å². The van der Waals surface area contributed by atoms with Gasteiger partial charge in [0.1, 0.15) is 0 Å². The monoisotopic (exact) mass is 369 g/mol. The van der Waals surface area contributed by atoms with Gasteiger partial charge in [-0.1, -0.05) is 19.9 Å². The average Bonchev–Trinajstić information content (AvgIpc) is 2.76. The molecule has 2 N–H and O–H groups in total. The molecule has 0 aliphatic carbocycles. The van der Waals surface area contributed by atoms with Crippen LogP contribution >= 0.6 is 22.6 Å². The van der Waals surface area contributed by atoms with E-state index in [0.29, 0.717) is 11.6 Å². The first-order valence-electron chi connectivity index (χ1n) is 6.16. The maximum atomic E-state index is 12.0. The highest BCUT2D eigenvalue weighted by Gasteiger charge is 2.11. The standard InChI is InChI=1S/C14H16IN3O/c1-9(2)6-12-8-13(18-17-12)14(19)16-11-5-3-4-10(15)7-11/h3-5,7-9H,6H2,1-2H3,(H,16,19)(H,17,18). The van der Waals surface area contributed by atoms with Crippen molar-refractivity contribution in [1.29, 1.82) is 0 Å². The molecule has 19 heavy (non-hydrogen) atoms. The zero-order chi connectivity index (χ0) is 13.8. The molecule has 1 amide bonds. The molecule has 4 nitrogen and oxygen atoms in total. The first-order chi connectivity index (χ1) is 9.04. The number of carbonyl (C=O) groups excluding carboxylic acids is 1. The molecule has 0 saturated heterocycles. The van der Waals surface area contributed by atoms with Crippen molar-refractivity contribution >= 4 is 34.2 Å². The maximum Gasteiger partial charge on any atom is 0.276 e. The lowest BCUT2D eigenvalue weighted by atomic mass is 10.1. The number of amides is 1. The van der Waals surface area contributed by atoms with Crippen LogP contribution in [0.4, 0.5) is 5.69 Å². The number of H-pyrrole nitrogens is 1. The summed E-state index contributed by atoms with van der Waals surface area (Å²) in [5.74, 6) is 0.348. The van der Waals surface area contributed by atoms with Crippen molar-refractivity contribution < 1.29 is 4.79 Å². The van der Waals surface area contributed by atoms with Crippen molar-refractivity contribution in [3.63, 3.8) is 0 Å². The summed E-state index contributed by atoms with van der Waals surface area (Å²) in [6.07, 6.45) is 0.892. The molecule has 1 aromatic carbocycles. The van der Waals surface area contributed by atoms with E-state index in [-0.39, 0.29) is 5.91 Å². The van der Waals surface area contributed by atoms with Crippen LogP contribution < -0.4 is 5.32 Å². The molecule has 0 fully saturated rings. The molecule has 2 aromatic rings. The van der Waals surface area contributed by atoms with Gasteiger partial charge in [-0.15, -0.1) is 0 Å². The van der Waals surface area contributed by atoms with Gasteiger partial charge in [-0.05, 0) is 59.2 Å². The van der Waals surface area contributed by atoms with Crippen LogP contribution in [0.1, 0.15) is 30.0 Å². The molecule has 1 aromatic heterocycles. The number of aromatic nitrogens is 2. The first-order valence-corrected chi connectivity index (χ1v) is 7.23. The topological polar surface area (TPSA) is 57.8 Å². The van der Waals surface area contributed by atoms with Crippen LogP contribution in [0.2, 0.25) is 0 Å². The van der Waals surface area contributed by atoms with Crippen molar-refractivity contribution in [3.8, 4) is 0 Å². The Kier molecular flexibility index (Phi) is 4.57. The number of carbonyl (C=O) groups is 1. The second kappa shape index (κ2) is 6.18. The van der Waals surface area contributed by atoms with Crippen LogP contribution in [0.3, 0.4) is 0 Å². The Hall–Kier alpha value is -1.37. The number of hydrogen-bond donors (Lipinski definition) is 2. The molecule has 0 bridgehead atoms. The van der Waals surface area contributed by atoms with E-state index >= 15 is 0 Å². The number of halogens is 1. The summed E-state index contributed by atoms with van der Waals surface area (Å²) >= 11 is 2.21. The molecule has 1 heterocycles. The minimum absolute atomic E-state index is 0.187. The molecule has 0 unspecified atom stereocenters. The quantitative estimate of drug-likeness (QED) is 0.811. The molecule has 2 rings (SSSR count). The summed E-state index contributed by atoms with van der Waals surface area (Å²) in [4.78, 5) is 12.0. The number of aromatic amines is 1. The summed E-state index contributed by atoms with van der Waals surface area (Å²) in [6.45, 7) is 4.26. The lowest BCUT2D eigenvalue weighted by Crippen LogP contribution is -2.12. The summed E-state index contributed by atoms with van der Waals surface area (Å²) in [6, 6.07) is 9.47. The second-order valence-corrected chi connectivity index (χ2v) is 6.09. The highest BCUT2D eigenvalue weighted by molar-refractivity contribution is 14.1. The summed E-state index contributed by atoms with van der Waals surface area (Å²) in [7, 11) is 0. The molecule has 100 valence electrons. The zero-order valence-electron chi connectivity index (χ0n) is 10.9. The van der Waals surface area contributed by atoms with Crippen LogP contribution in [0.5, 0.6) is 0 Å². The fourth-order valence-corrected chi connectivity index (χ4v) is 2.33. The predicted octanol–water partition coefficient (Wildman–Crippen LogP) is 3.47. The van der Waals surface area contributed by atoms with Gasteiger partial charge in [0.25, 0.3) is 5.91 Å². The van der Waals surface area contributed by atoms with Crippen LogP contribution in [-0.4, -0.2) is 16.1 Å². The third-order valence-electron chi connectivity index (χ3n) is 2.57. The highest BCUT2D eigenvalue weighted by atomic mass is 127. The minimum atomic E-state index is -0.187. The zero-order valence-corrected chi connectivity index (χ0v) is 13.1. The van der Waals surface area contributed by atoms with Crippen molar-refractivity contribution in [2.45, 2.75) is 20.3 Å². The molecule has 0 saturated carbocycles. The van der Waals surface area contributed by atoms with Gasteiger partial charge in [0.15, 0.2) is 5.69 Å². The Morgan fingerprint density at radius 2 is 2.21 bits per heavy atom. The smallest absolute Gasteiger partial charge is 0.276 e. The molecular formula is C14H16IN3O. The fourth-order valence-electron chi connectivity index (χ4n) is 1.78. The van der Waals surface area contributed by atoms with Gasteiger partial charge < -0.3 is 5.32 Å². The Labute approximate surface area is 126 Å². The van der Waals surface area contributed by atoms with Crippen molar-refractivity contribution in [2.75, 3.05) is 5.32 Å². The van der Waals surface area contributed by atoms with E-state index in [4.69, 9.17) is 0 Å². The normalized spacial score (nSPS) is 10.7. The molecule has 0 spiro atoms. The molecule has 5 heteroatoms. The van der Waals surface area contributed by atoms with Gasteiger partial charge in [-0.25, -0.2) is 0 Å². The third-order valence-corrected chi connectivity index (χ3v) is 3.25. The molecule has 0 radical (unpaired) electrons. The summed E-state index contributed by atoms with van der Waals surface area (Å²) in [5, 5.41) is 9.79. The van der Waals surface area contributed by atoms with Crippen molar-refractivity contribution in [3.05, 3.63) is 45.3 Å². The predicted molar refractivity (Wildman–Crippen MR) is 84.2 cm³/mol. The molecule has 0 aliphatic heterocycles. The lowest BCUT2D eigenvalue weighted by molar-refractivity contribution is 0.102. The van der Waals surface area contributed by atoms with E-state index in [1.165, 1.54) is 0 Å². The average molecular weight is 369 g/mol. The van der Waals surface area contributed by atoms with Gasteiger partial charge in [0.05, 0.1) is 0 Å². The van der Waals surface area contributed by atoms with Crippen LogP contribution in [0, 0.1) is 9.49 Å². The van der Waals surface area contributed by atoms with Crippen LogP contribution in [-0.2, 0) is 6.42 Å². The Bertz CT molecular complexity index is 578. The number of anilines is 1. The maximum absolute atomic E-state index is 12.0. The van der Waals surface area contributed by atoms with E-state index in [1.807, 2.05) is 30.3 Å². The van der Waals surface area contributed by atoms with Gasteiger partial charge in [-0.3, -0.25) is 9.89 Å². The van der Waals surface area contributed by atoms with E-state index in [0.717, 1.165) is 21.4 Å². The van der Waals surface area contributed by atoms with Gasteiger partial charge in [-0.2, -0.15) is 5.10 Å². The Morgan fingerprint density at radius 1 is 1.42 bits per heavy atom. The van der Waals surface area contributed by atoms with Gasteiger partial charge >= 0.3 is 0 Å². The fraction of sp³-hybridized carbons (Fsp3) is 0.286. The second-order valence-electron chi connectivity index (χ2n) is 4.84. The Morgan fingerprint density at radius 3 is 2.89 bits per heavy atom. The van der Waals surface area contributed by atoms with E-state index < -0.39 is 0 Å². The highest BCUT2D eigenvalue weighted by Crippen LogP contribution is 2.14. The third kappa shape index (κ3) is 4.05. The SMILES string of the molecule is CC(C)Cc1cc(C(=O)Nc2cccc(I)c2)n[nH]1. The minimum Gasteiger partial charge on any atom is -0.321 e. The summed E-state index contributed by atoms with van der Waals surface area (Å²) in [5.41, 5.74) is 2.20. The van der Waals surface area contributed by atoms with E-state index in [2.05, 4.69) is 52.0 Å². The van der Waals surface area contributed by atoms with E-state index in [1.54, 1.807) is 0 Å². The first kappa shape index (κ1) is 14.0. The van der Waals surface area contributed by atoms with Crippen LogP contribution in [0.15, 0.2) is 30.3 Å². The molecule has 0 atom stereocenters. The number of rotatable bonds is 4. The number of nitrogens with zero attached hydrogens (tertiary/aromatic N) is 1. The van der Waals surface area contributed by atoms with E-state index in [9.17, 15) is 4.79 Å².